The molecule has 228 valence electrons. The quantitative estimate of drug-likeness (QED) is 0.183. The highest BCUT2D eigenvalue weighted by atomic mass is 16.3. The third kappa shape index (κ3) is 4.51. The van der Waals surface area contributed by atoms with E-state index in [0.29, 0.717) is 0 Å². The average molecular weight is 625 g/mol. The molecule has 0 bridgehead atoms. The average Bonchev–Trinajstić information content (AvgIpc) is 3.56. The Kier molecular flexibility index (Phi) is 6.18. The Morgan fingerprint density at radius 1 is 0.367 bits per heavy atom. The van der Waals surface area contributed by atoms with Gasteiger partial charge in [0, 0.05) is 32.7 Å². The van der Waals surface area contributed by atoms with Crippen molar-refractivity contribution >= 4 is 54.5 Å². The minimum absolute atomic E-state index is 0.836. The fraction of sp³-hybridized carbons (Fsp3) is 0. The summed E-state index contributed by atoms with van der Waals surface area (Å²) in [5, 5.41) is 6.80. The molecule has 0 saturated heterocycles. The molecular formula is C46H28N2O. The summed E-state index contributed by atoms with van der Waals surface area (Å²) < 4.78 is 6.68. The second-order valence-electron chi connectivity index (χ2n) is 12.6. The Balaban J connectivity index is 1.18. The third-order valence-corrected chi connectivity index (χ3v) is 9.68. The van der Waals surface area contributed by atoms with E-state index in [0.717, 1.165) is 77.3 Å². The van der Waals surface area contributed by atoms with E-state index in [9.17, 15) is 0 Å². The smallest absolute Gasteiger partial charge is 0.143 e. The lowest BCUT2D eigenvalue weighted by Gasteiger charge is -2.12. The zero-order valence-corrected chi connectivity index (χ0v) is 26.5. The molecule has 0 aliphatic carbocycles. The van der Waals surface area contributed by atoms with Crippen molar-refractivity contribution in [1.29, 1.82) is 0 Å². The molecule has 0 aliphatic heterocycles. The molecule has 0 fully saturated rings. The van der Waals surface area contributed by atoms with Crippen molar-refractivity contribution in [2.45, 2.75) is 0 Å². The number of rotatable bonds is 4. The van der Waals surface area contributed by atoms with Crippen LogP contribution in [0.2, 0.25) is 0 Å². The van der Waals surface area contributed by atoms with Gasteiger partial charge in [-0.05, 0) is 68.9 Å². The van der Waals surface area contributed by atoms with Crippen LogP contribution in [0.25, 0.3) is 99.2 Å². The number of aromatic nitrogens is 2. The first-order valence-corrected chi connectivity index (χ1v) is 16.6. The summed E-state index contributed by atoms with van der Waals surface area (Å²) in [5.41, 5.74) is 12.2. The van der Waals surface area contributed by atoms with Crippen LogP contribution >= 0.6 is 0 Å². The Hall–Kier alpha value is -6.58. The van der Waals surface area contributed by atoms with Crippen LogP contribution in [0.3, 0.4) is 0 Å². The van der Waals surface area contributed by atoms with Crippen LogP contribution in [0.4, 0.5) is 0 Å². The molecule has 0 amide bonds. The summed E-state index contributed by atoms with van der Waals surface area (Å²) in [6.45, 7) is 0. The molecule has 0 aliphatic rings. The molecule has 10 aromatic rings. The monoisotopic (exact) mass is 624 g/mol. The zero-order chi connectivity index (χ0) is 32.3. The molecule has 10 rings (SSSR count). The Labute approximate surface area is 282 Å². The molecule has 0 spiro atoms. The summed E-state index contributed by atoms with van der Waals surface area (Å²) in [4.78, 5) is 10.3. The van der Waals surface area contributed by atoms with Gasteiger partial charge < -0.3 is 4.42 Å². The van der Waals surface area contributed by atoms with E-state index in [4.69, 9.17) is 14.4 Å². The molecular weight excluding hydrogens is 597 g/mol. The predicted octanol–water partition coefficient (Wildman–Crippen LogP) is 12.5. The van der Waals surface area contributed by atoms with Gasteiger partial charge in [-0.15, -0.1) is 0 Å². The highest BCUT2D eigenvalue weighted by molar-refractivity contribution is 6.23. The van der Waals surface area contributed by atoms with Crippen LogP contribution in [0.5, 0.6) is 0 Å². The highest BCUT2D eigenvalue weighted by Crippen LogP contribution is 2.42. The SMILES string of the molecule is c1ccc(-c2ccc3oc4c(-c5cccc(-c6cnc7c8ccccc8c8ccccc8c7n6)c5)cc(-c5ccccc5)cc4c3c2)cc1. The fourth-order valence-corrected chi connectivity index (χ4v) is 7.31. The van der Waals surface area contributed by atoms with Crippen LogP contribution < -0.4 is 0 Å². The second-order valence-corrected chi connectivity index (χ2v) is 12.6. The number of nitrogens with zero attached hydrogens (tertiary/aromatic N) is 2. The van der Waals surface area contributed by atoms with Gasteiger partial charge in [-0.3, -0.25) is 4.98 Å². The molecule has 0 unspecified atom stereocenters. The lowest BCUT2D eigenvalue weighted by atomic mass is 9.94. The van der Waals surface area contributed by atoms with Gasteiger partial charge in [0.1, 0.15) is 11.2 Å². The summed E-state index contributed by atoms with van der Waals surface area (Å²) >= 11 is 0. The van der Waals surface area contributed by atoms with Gasteiger partial charge in [0.25, 0.3) is 0 Å². The Bertz CT molecular complexity index is 2840. The van der Waals surface area contributed by atoms with Crippen LogP contribution in [-0.2, 0) is 0 Å². The summed E-state index contributed by atoms with van der Waals surface area (Å²) in [5.74, 6) is 0. The lowest BCUT2D eigenvalue weighted by molar-refractivity contribution is 0.670. The van der Waals surface area contributed by atoms with Gasteiger partial charge in [0.05, 0.1) is 22.9 Å². The van der Waals surface area contributed by atoms with Crippen molar-refractivity contribution in [3.8, 4) is 44.6 Å². The van der Waals surface area contributed by atoms with E-state index < -0.39 is 0 Å². The maximum atomic E-state index is 6.68. The van der Waals surface area contributed by atoms with Gasteiger partial charge in [0.15, 0.2) is 0 Å². The number of hydrogen-bond donors (Lipinski definition) is 0. The molecule has 2 aromatic heterocycles. The van der Waals surface area contributed by atoms with E-state index in [1.54, 1.807) is 0 Å². The first kappa shape index (κ1) is 27.5. The molecule has 49 heavy (non-hydrogen) atoms. The zero-order valence-electron chi connectivity index (χ0n) is 26.5. The molecule has 3 nitrogen and oxygen atoms in total. The van der Waals surface area contributed by atoms with Gasteiger partial charge in [-0.2, -0.15) is 0 Å². The molecule has 0 radical (unpaired) electrons. The van der Waals surface area contributed by atoms with E-state index in [1.807, 2.05) is 6.20 Å². The van der Waals surface area contributed by atoms with Crippen LogP contribution in [-0.4, -0.2) is 9.97 Å². The minimum Gasteiger partial charge on any atom is -0.455 e. The minimum atomic E-state index is 0.836. The van der Waals surface area contributed by atoms with Crippen molar-refractivity contribution < 1.29 is 4.42 Å². The Morgan fingerprint density at radius 2 is 0.959 bits per heavy atom. The largest absolute Gasteiger partial charge is 0.455 e. The first-order valence-electron chi connectivity index (χ1n) is 16.6. The van der Waals surface area contributed by atoms with Crippen molar-refractivity contribution in [1.82, 2.24) is 9.97 Å². The first-order chi connectivity index (χ1) is 24.3. The molecule has 0 N–H and O–H groups in total. The third-order valence-electron chi connectivity index (χ3n) is 9.68. The number of hydrogen-bond acceptors (Lipinski definition) is 3. The topological polar surface area (TPSA) is 38.9 Å². The normalized spacial score (nSPS) is 11.7. The lowest BCUT2D eigenvalue weighted by Crippen LogP contribution is -1.92. The molecule has 3 heteroatoms. The number of benzene rings is 8. The van der Waals surface area contributed by atoms with Crippen molar-refractivity contribution in [3.63, 3.8) is 0 Å². The number of furan rings is 1. The van der Waals surface area contributed by atoms with Gasteiger partial charge in [-0.1, -0.05) is 133 Å². The van der Waals surface area contributed by atoms with E-state index in [-0.39, 0.29) is 0 Å². The predicted molar refractivity (Wildman–Crippen MR) is 204 cm³/mol. The van der Waals surface area contributed by atoms with Gasteiger partial charge in [-0.25, -0.2) is 4.98 Å². The maximum absolute atomic E-state index is 6.68. The van der Waals surface area contributed by atoms with Crippen LogP contribution in [0, 0.1) is 0 Å². The molecule has 0 saturated carbocycles. The van der Waals surface area contributed by atoms with E-state index in [1.165, 1.54) is 21.9 Å². The van der Waals surface area contributed by atoms with Crippen molar-refractivity contribution in [3.05, 3.63) is 170 Å². The van der Waals surface area contributed by atoms with E-state index in [2.05, 4.69) is 164 Å². The van der Waals surface area contributed by atoms with Gasteiger partial charge in [0.2, 0.25) is 0 Å². The summed E-state index contributed by atoms with van der Waals surface area (Å²) in [6, 6.07) is 57.6. The van der Waals surface area contributed by atoms with Gasteiger partial charge >= 0.3 is 0 Å². The van der Waals surface area contributed by atoms with Crippen molar-refractivity contribution in [2.75, 3.05) is 0 Å². The molecule has 8 aromatic carbocycles. The standard InChI is InChI=1S/C46H28N2O/c1-3-12-29(13-4-1)31-22-23-43-40(25-31)41-27-34(30-14-5-2-6-15-30)26-39(46(41)49-43)32-16-11-17-33(24-32)42-28-47-44-37-20-9-7-18-35(37)36-19-8-10-21-38(36)45(44)48-42/h1-28H. The molecule has 0 atom stereocenters. The van der Waals surface area contributed by atoms with Crippen LogP contribution in [0.15, 0.2) is 174 Å². The number of fused-ring (bicyclic) bond motifs is 9. The molecule has 2 heterocycles. The van der Waals surface area contributed by atoms with Crippen LogP contribution in [0.1, 0.15) is 0 Å². The second kappa shape index (κ2) is 11.0. The van der Waals surface area contributed by atoms with E-state index >= 15 is 0 Å². The summed E-state index contributed by atoms with van der Waals surface area (Å²) in [6.07, 6.45) is 1.91. The van der Waals surface area contributed by atoms with Crippen molar-refractivity contribution in [2.24, 2.45) is 0 Å². The highest BCUT2D eigenvalue weighted by Gasteiger charge is 2.18. The Morgan fingerprint density at radius 3 is 1.69 bits per heavy atom. The fourth-order valence-electron chi connectivity index (χ4n) is 7.31. The summed E-state index contributed by atoms with van der Waals surface area (Å²) in [7, 11) is 0. The maximum Gasteiger partial charge on any atom is 0.143 e.